The van der Waals surface area contributed by atoms with Crippen molar-refractivity contribution >= 4 is 16.8 Å². The molecule has 4 nitrogen and oxygen atoms in total. The average molecular weight is 348 g/mol. The molecule has 0 spiro atoms. The fourth-order valence-electron chi connectivity index (χ4n) is 3.08. The molecular weight excluding hydrogens is 324 g/mol. The first kappa shape index (κ1) is 17.9. The smallest absolute Gasteiger partial charge is 0.252 e. The van der Waals surface area contributed by atoms with Crippen LogP contribution in [0, 0.1) is 6.92 Å². The van der Waals surface area contributed by atoms with Gasteiger partial charge in [-0.25, -0.2) is 0 Å². The Morgan fingerprint density at radius 2 is 1.88 bits per heavy atom. The molecule has 0 bridgehead atoms. The Labute approximate surface area is 153 Å². The van der Waals surface area contributed by atoms with Gasteiger partial charge in [-0.05, 0) is 31.9 Å². The van der Waals surface area contributed by atoms with E-state index in [1.807, 2.05) is 63.2 Å². The van der Waals surface area contributed by atoms with Crippen LogP contribution in [0.25, 0.3) is 10.9 Å². The molecule has 26 heavy (non-hydrogen) atoms. The Morgan fingerprint density at radius 1 is 1.12 bits per heavy atom. The van der Waals surface area contributed by atoms with Crippen LogP contribution in [-0.4, -0.2) is 16.5 Å². The minimum Gasteiger partial charge on any atom is -0.350 e. The van der Waals surface area contributed by atoms with Crippen molar-refractivity contribution in [2.75, 3.05) is 0 Å². The lowest BCUT2D eigenvalue weighted by Crippen LogP contribution is -2.33. The zero-order valence-corrected chi connectivity index (χ0v) is 15.5. The van der Waals surface area contributed by atoms with Crippen LogP contribution in [0.15, 0.2) is 59.4 Å². The van der Waals surface area contributed by atoms with Crippen molar-refractivity contribution < 1.29 is 4.79 Å². The summed E-state index contributed by atoms with van der Waals surface area (Å²) in [4.78, 5) is 25.4. The van der Waals surface area contributed by atoms with Gasteiger partial charge < -0.3 is 9.88 Å². The first-order valence-electron chi connectivity index (χ1n) is 8.98. The second-order valence-corrected chi connectivity index (χ2v) is 6.77. The lowest BCUT2D eigenvalue weighted by molar-refractivity contribution is 0.0940. The zero-order valence-electron chi connectivity index (χ0n) is 15.5. The minimum atomic E-state index is -0.199. The Kier molecular flexibility index (Phi) is 5.21. The van der Waals surface area contributed by atoms with Crippen molar-refractivity contribution in [2.45, 2.75) is 39.8 Å². The van der Waals surface area contributed by atoms with Crippen molar-refractivity contribution in [1.29, 1.82) is 0 Å². The molecule has 1 heterocycles. The van der Waals surface area contributed by atoms with Crippen molar-refractivity contribution in [3.05, 3.63) is 81.6 Å². The number of amides is 1. The largest absolute Gasteiger partial charge is 0.350 e. The Hall–Kier alpha value is -2.88. The standard InChI is InChI=1S/C22H24N2O2/c1-4-16(3)23-22(26)19-13-21(25)24(20-11-6-5-10-18(19)20)14-17-9-7-8-15(2)12-17/h5-13,16H,4,14H2,1-3H3,(H,23,26)/t16-/m1/s1. The van der Waals surface area contributed by atoms with Crippen molar-refractivity contribution in [1.82, 2.24) is 9.88 Å². The Bertz CT molecular complexity index is 1000. The van der Waals surface area contributed by atoms with Gasteiger partial charge in [0.15, 0.2) is 0 Å². The van der Waals surface area contributed by atoms with Gasteiger partial charge in [-0.1, -0.05) is 55.0 Å². The van der Waals surface area contributed by atoms with Crippen LogP contribution in [0.2, 0.25) is 0 Å². The quantitative estimate of drug-likeness (QED) is 0.760. The summed E-state index contributed by atoms with van der Waals surface area (Å²) in [5, 5.41) is 3.75. The number of pyridine rings is 1. The average Bonchev–Trinajstić information content (AvgIpc) is 2.63. The fraction of sp³-hybridized carbons (Fsp3) is 0.273. The van der Waals surface area contributed by atoms with E-state index in [-0.39, 0.29) is 17.5 Å². The van der Waals surface area contributed by atoms with Gasteiger partial charge >= 0.3 is 0 Å². The molecule has 1 aromatic heterocycles. The molecule has 0 radical (unpaired) electrons. The molecule has 4 heteroatoms. The highest BCUT2D eigenvalue weighted by molar-refractivity contribution is 6.06. The molecular formula is C22H24N2O2. The van der Waals surface area contributed by atoms with Gasteiger partial charge in [-0.3, -0.25) is 9.59 Å². The molecule has 0 fully saturated rings. The van der Waals surface area contributed by atoms with E-state index < -0.39 is 0 Å². The lowest BCUT2D eigenvalue weighted by atomic mass is 10.1. The number of hydrogen-bond acceptors (Lipinski definition) is 2. The molecule has 1 atom stereocenters. The van der Waals surface area contributed by atoms with Gasteiger partial charge in [0, 0.05) is 17.5 Å². The number of nitrogens with one attached hydrogen (secondary N) is 1. The van der Waals surface area contributed by atoms with Gasteiger partial charge in [-0.15, -0.1) is 0 Å². The Morgan fingerprint density at radius 3 is 2.62 bits per heavy atom. The predicted octanol–water partition coefficient (Wildman–Crippen LogP) is 3.89. The molecule has 134 valence electrons. The second kappa shape index (κ2) is 7.56. The van der Waals surface area contributed by atoms with Gasteiger partial charge in [-0.2, -0.15) is 0 Å². The van der Waals surface area contributed by atoms with E-state index in [2.05, 4.69) is 11.4 Å². The molecule has 0 aliphatic rings. The summed E-state index contributed by atoms with van der Waals surface area (Å²) in [6.07, 6.45) is 0.841. The summed E-state index contributed by atoms with van der Waals surface area (Å²) in [7, 11) is 0. The van der Waals surface area contributed by atoms with Crippen LogP contribution in [0.1, 0.15) is 41.8 Å². The maximum atomic E-state index is 12.8. The van der Waals surface area contributed by atoms with Crippen LogP contribution < -0.4 is 10.9 Å². The number of carbonyl (C=O) groups is 1. The van der Waals surface area contributed by atoms with E-state index in [4.69, 9.17) is 0 Å². The van der Waals surface area contributed by atoms with Gasteiger partial charge in [0.1, 0.15) is 0 Å². The molecule has 0 saturated heterocycles. The molecule has 0 aliphatic carbocycles. The van der Waals surface area contributed by atoms with Crippen LogP contribution in [0.3, 0.4) is 0 Å². The summed E-state index contributed by atoms with van der Waals surface area (Å²) in [6.45, 7) is 6.49. The summed E-state index contributed by atoms with van der Waals surface area (Å²) in [5.74, 6) is -0.199. The first-order chi connectivity index (χ1) is 12.5. The Balaban J connectivity index is 2.09. The van der Waals surface area contributed by atoms with E-state index in [0.717, 1.165) is 28.5 Å². The number of aromatic nitrogens is 1. The van der Waals surface area contributed by atoms with E-state index in [1.54, 1.807) is 4.57 Å². The SMILES string of the molecule is CC[C@@H](C)NC(=O)c1cc(=O)n(Cc2cccc(C)c2)c2ccccc12. The normalized spacial score (nSPS) is 12.1. The molecule has 0 saturated carbocycles. The molecule has 3 aromatic rings. The minimum absolute atomic E-state index is 0.0657. The maximum absolute atomic E-state index is 12.8. The predicted molar refractivity (Wildman–Crippen MR) is 106 cm³/mol. The van der Waals surface area contributed by atoms with Crippen molar-refractivity contribution in [3.63, 3.8) is 0 Å². The van der Waals surface area contributed by atoms with E-state index in [0.29, 0.717) is 12.1 Å². The second-order valence-electron chi connectivity index (χ2n) is 6.77. The summed E-state index contributed by atoms with van der Waals surface area (Å²) in [6, 6.07) is 17.2. The third kappa shape index (κ3) is 3.69. The number of carbonyl (C=O) groups excluding carboxylic acids is 1. The van der Waals surface area contributed by atoms with Gasteiger partial charge in [0.2, 0.25) is 0 Å². The fourth-order valence-corrected chi connectivity index (χ4v) is 3.08. The van der Waals surface area contributed by atoms with Crippen molar-refractivity contribution in [2.24, 2.45) is 0 Å². The molecule has 2 aromatic carbocycles. The first-order valence-corrected chi connectivity index (χ1v) is 8.98. The van der Waals surface area contributed by atoms with Crippen LogP contribution in [0.5, 0.6) is 0 Å². The number of rotatable bonds is 5. The van der Waals surface area contributed by atoms with Gasteiger partial charge in [0.25, 0.3) is 11.5 Å². The number of hydrogen-bond donors (Lipinski definition) is 1. The molecule has 1 amide bonds. The van der Waals surface area contributed by atoms with Crippen LogP contribution >= 0.6 is 0 Å². The highest BCUT2D eigenvalue weighted by Crippen LogP contribution is 2.18. The highest BCUT2D eigenvalue weighted by atomic mass is 16.2. The van der Waals surface area contributed by atoms with Gasteiger partial charge in [0.05, 0.1) is 17.6 Å². The third-order valence-corrected chi connectivity index (χ3v) is 4.68. The summed E-state index contributed by atoms with van der Waals surface area (Å²) in [5.41, 5.74) is 3.26. The molecule has 0 unspecified atom stereocenters. The lowest BCUT2D eigenvalue weighted by Gasteiger charge is -2.16. The number of benzene rings is 2. The summed E-state index contributed by atoms with van der Waals surface area (Å²) < 4.78 is 1.73. The van der Waals surface area contributed by atoms with E-state index in [9.17, 15) is 9.59 Å². The highest BCUT2D eigenvalue weighted by Gasteiger charge is 2.16. The van der Waals surface area contributed by atoms with E-state index >= 15 is 0 Å². The monoisotopic (exact) mass is 348 g/mol. The maximum Gasteiger partial charge on any atom is 0.252 e. The van der Waals surface area contributed by atoms with Crippen molar-refractivity contribution in [3.8, 4) is 0 Å². The number of para-hydroxylation sites is 1. The third-order valence-electron chi connectivity index (χ3n) is 4.68. The summed E-state index contributed by atoms with van der Waals surface area (Å²) >= 11 is 0. The molecule has 1 N–H and O–H groups in total. The van der Waals surface area contributed by atoms with Crippen LogP contribution in [0.4, 0.5) is 0 Å². The topological polar surface area (TPSA) is 51.1 Å². The van der Waals surface area contributed by atoms with Crippen LogP contribution in [-0.2, 0) is 6.54 Å². The molecule has 3 rings (SSSR count). The number of aryl methyl sites for hydroxylation is 1. The van der Waals surface area contributed by atoms with E-state index in [1.165, 1.54) is 6.07 Å². The zero-order chi connectivity index (χ0) is 18.7. The molecule has 0 aliphatic heterocycles. The number of fused-ring (bicyclic) bond motifs is 1. The number of nitrogens with zero attached hydrogens (tertiary/aromatic N) is 1.